The monoisotopic (exact) mass is 295 g/mol. The van der Waals surface area contributed by atoms with E-state index >= 15 is 0 Å². The summed E-state index contributed by atoms with van der Waals surface area (Å²) in [6.45, 7) is 2.28. The lowest BCUT2D eigenvalue weighted by molar-refractivity contribution is 0.295. The molecular formula is C14H21N3O2S. The molecule has 1 saturated heterocycles. The van der Waals surface area contributed by atoms with Crippen LogP contribution >= 0.6 is 0 Å². The number of benzene rings is 1. The van der Waals surface area contributed by atoms with Gasteiger partial charge >= 0.3 is 0 Å². The first kappa shape index (κ1) is 13.9. The molecule has 20 heavy (non-hydrogen) atoms. The Labute approximate surface area is 120 Å². The van der Waals surface area contributed by atoms with Crippen LogP contribution in [-0.4, -0.2) is 36.7 Å². The molecule has 2 aliphatic rings. The lowest BCUT2D eigenvalue weighted by atomic mass is 9.99. The summed E-state index contributed by atoms with van der Waals surface area (Å²) in [5.41, 5.74) is 8.88. The summed E-state index contributed by atoms with van der Waals surface area (Å²) in [6, 6.07) is 5.75. The minimum absolute atomic E-state index is 0.444. The second kappa shape index (κ2) is 5.35. The molecule has 0 aliphatic carbocycles. The number of fused-ring (bicyclic) bond motifs is 1. The number of piperidine rings is 1. The van der Waals surface area contributed by atoms with E-state index < -0.39 is 10.2 Å². The van der Waals surface area contributed by atoms with Gasteiger partial charge in [-0.25, -0.2) is 0 Å². The van der Waals surface area contributed by atoms with Crippen molar-refractivity contribution in [2.24, 2.45) is 0 Å². The van der Waals surface area contributed by atoms with Gasteiger partial charge in [-0.1, -0.05) is 18.6 Å². The van der Waals surface area contributed by atoms with Crippen molar-refractivity contribution in [2.45, 2.75) is 32.2 Å². The molecule has 6 heteroatoms. The molecule has 0 bridgehead atoms. The number of anilines is 1. The zero-order valence-corrected chi connectivity index (χ0v) is 12.4. The molecule has 2 heterocycles. The molecule has 0 amide bonds. The Morgan fingerprint density at radius 3 is 2.50 bits per heavy atom. The summed E-state index contributed by atoms with van der Waals surface area (Å²) in [5.74, 6) is 0. The lowest BCUT2D eigenvalue weighted by Crippen LogP contribution is -2.47. The highest BCUT2D eigenvalue weighted by atomic mass is 32.2. The maximum atomic E-state index is 12.7. The van der Waals surface area contributed by atoms with Crippen LogP contribution in [-0.2, 0) is 23.2 Å². The predicted molar refractivity (Wildman–Crippen MR) is 79.3 cm³/mol. The number of hydrogen-bond acceptors (Lipinski definition) is 3. The Balaban J connectivity index is 1.82. The number of rotatable bonds is 2. The molecule has 0 spiro atoms. The molecular weight excluding hydrogens is 274 g/mol. The van der Waals surface area contributed by atoms with E-state index in [1.165, 1.54) is 0 Å². The van der Waals surface area contributed by atoms with E-state index in [0.29, 0.717) is 32.6 Å². The normalized spacial score (nSPS) is 21.6. The van der Waals surface area contributed by atoms with Gasteiger partial charge in [0.2, 0.25) is 0 Å². The molecule has 110 valence electrons. The molecule has 3 rings (SSSR count). The Hall–Kier alpha value is -1.11. The van der Waals surface area contributed by atoms with Gasteiger partial charge in [-0.05, 0) is 36.5 Å². The van der Waals surface area contributed by atoms with E-state index in [1.807, 2.05) is 18.2 Å². The van der Waals surface area contributed by atoms with Crippen LogP contribution in [0.15, 0.2) is 18.2 Å². The van der Waals surface area contributed by atoms with Gasteiger partial charge in [0.15, 0.2) is 0 Å². The number of nitrogens with zero attached hydrogens (tertiary/aromatic N) is 2. The molecule has 5 nitrogen and oxygen atoms in total. The summed E-state index contributed by atoms with van der Waals surface area (Å²) < 4.78 is 28.5. The summed E-state index contributed by atoms with van der Waals surface area (Å²) in [4.78, 5) is 0. The van der Waals surface area contributed by atoms with Crippen molar-refractivity contribution in [2.75, 3.05) is 25.4 Å². The highest BCUT2D eigenvalue weighted by Gasteiger charge is 2.33. The highest BCUT2D eigenvalue weighted by molar-refractivity contribution is 7.86. The van der Waals surface area contributed by atoms with Crippen molar-refractivity contribution in [1.82, 2.24) is 8.61 Å². The molecule has 0 unspecified atom stereocenters. The van der Waals surface area contributed by atoms with E-state index in [1.54, 1.807) is 8.61 Å². The minimum atomic E-state index is -3.31. The number of nitrogens with two attached hydrogens (primary N) is 1. The highest BCUT2D eigenvalue weighted by Crippen LogP contribution is 2.27. The summed E-state index contributed by atoms with van der Waals surface area (Å²) in [5, 5.41) is 0. The van der Waals surface area contributed by atoms with Crippen molar-refractivity contribution in [1.29, 1.82) is 0 Å². The zero-order valence-electron chi connectivity index (χ0n) is 11.6. The van der Waals surface area contributed by atoms with Gasteiger partial charge in [-0.15, -0.1) is 0 Å². The summed E-state index contributed by atoms with van der Waals surface area (Å²) >= 11 is 0. The van der Waals surface area contributed by atoms with Crippen LogP contribution in [0.4, 0.5) is 5.69 Å². The first-order chi connectivity index (χ1) is 9.59. The maximum absolute atomic E-state index is 12.7. The average molecular weight is 295 g/mol. The van der Waals surface area contributed by atoms with Gasteiger partial charge in [0.25, 0.3) is 10.2 Å². The summed E-state index contributed by atoms with van der Waals surface area (Å²) in [7, 11) is -3.31. The lowest BCUT2D eigenvalue weighted by Gasteiger charge is -2.35. The molecule has 1 aromatic rings. The Morgan fingerprint density at radius 2 is 1.75 bits per heavy atom. The standard InChI is InChI=1S/C14H21N3O2S/c15-14-6-4-5-12-11-17(10-7-13(12)14)20(18,19)16-8-2-1-3-9-16/h4-6H,1-3,7-11,15H2. The van der Waals surface area contributed by atoms with E-state index in [2.05, 4.69) is 0 Å². The van der Waals surface area contributed by atoms with Crippen molar-refractivity contribution < 1.29 is 8.42 Å². The second-order valence-electron chi connectivity index (χ2n) is 5.54. The molecule has 0 atom stereocenters. The fourth-order valence-electron chi connectivity index (χ4n) is 3.07. The van der Waals surface area contributed by atoms with E-state index in [4.69, 9.17) is 5.73 Å². The van der Waals surface area contributed by atoms with Gasteiger partial charge in [0.1, 0.15) is 0 Å². The molecule has 1 aromatic carbocycles. The van der Waals surface area contributed by atoms with Gasteiger partial charge in [0, 0.05) is 31.9 Å². The average Bonchev–Trinajstić information content (AvgIpc) is 2.48. The minimum Gasteiger partial charge on any atom is -0.398 e. The van der Waals surface area contributed by atoms with Crippen molar-refractivity contribution in [3.05, 3.63) is 29.3 Å². The fourth-order valence-corrected chi connectivity index (χ4v) is 4.74. The number of nitrogen functional groups attached to an aromatic ring is 1. The smallest absolute Gasteiger partial charge is 0.282 e. The molecule has 0 aromatic heterocycles. The van der Waals surface area contributed by atoms with Crippen molar-refractivity contribution in [3.8, 4) is 0 Å². The number of hydrogen-bond donors (Lipinski definition) is 1. The molecule has 0 radical (unpaired) electrons. The van der Waals surface area contributed by atoms with Crippen LogP contribution in [0.3, 0.4) is 0 Å². The Kier molecular flexibility index (Phi) is 3.70. The first-order valence-electron chi connectivity index (χ1n) is 7.20. The summed E-state index contributed by atoms with van der Waals surface area (Å²) in [6.07, 6.45) is 3.77. The third kappa shape index (κ3) is 2.43. The topological polar surface area (TPSA) is 66.6 Å². The van der Waals surface area contributed by atoms with Crippen LogP contribution in [0.2, 0.25) is 0 Å². The van der Waals surface area contributed by atoms with Gasteiger partial charge in [-0.2, -0.15) is 17.0 Å². The Bertz CT molecular complexity index is 594. The quantitative estimate of drug-likeness (QED) is 0.838. The Morgan fingerprint density at radius 1 is 1.00 bits per heavy atom. The van der Waals surface area contributed by atoms with Crippen LogP contribution in [0, 0.1) is 0 Å². The van der Waals surface area contributed by atoms with Crippen molar-refractivity contribution in [3.63, 3.8) is 0 Å². The first-order valence-corrected chi connectivity index (χ1v) is 8.60. The van der Waals surface area contributed by atoms with Gasteiger partial charge in [-0.3, -0.25) is 0 Å². The van der Waals surface area contributed by atoms with Crippen molar-refractivity contribution >= 4 is 15.9 Å². The van der Waals surface area contributed by atoms with E-state index in [0.717, 1.165) is 36.1 Å². The molecule has 1 fully saturated rings. The third-order valence-electron chi connectivity index (χ3n) is 4.23. The largest absolute Gasteiger partial charge is 0.398 e. The predicted octanol–water partition coefficient (Wildman–Crippen LogP) is 1.36. The molecule has 2 aliphatic heterocycles. The third-order valence-corrected chi connectivity index (χ3v) is 6.22. The second-order valence-corrected chi connectivity index (χ2v) is 7.46. The molecule has 2 N–H and O–H groups in total. The van der Waals surface area contributed by atoms with E-state index in [-0.39, 0.29) is 0 Å². The van der Waals surface area contributed by atoms with Crippen LogP contribution < -0.4 is 5.73 Å². The van der Waals surface area contributed by atoms with Gasteiger partial charge < -0.3 is 5.73 Å². The fraction of sp³-hybridized carbons (Fsp3) is 0.571. The van der Waals surface area contributed by atoms with Crippen LogP contribution in [0.1, 0.15) is 30.4 Å². The SMILES string of the molecule is Nc1cccc2c1CCN(S(=O)(=O)N1CCCCC1)C2. The van der Waals surface area contributed by atoms with Gasteiger partial charge in [0.05, 0.1) is 0 Å². The van der Waals surface area contributed by atoms with Crippen LogP contribution in [0.5, 0.6) is 0 Å². The van der Waals surface area contributed by atoms with E-state index in [9.17, 15) is 8.42 Å². The molecule has 0 saturated carbocycles. The van der Waals surface area contributed by atoms with Crippen LogP contribution in [0.25, 0.3) is 0 Å². The maximum Gasteiger partial charge on any atom is 0.282 e. The zero-order chi connectivity index (χ0) is 14.2.